The zero-order chi connectivity index (χ0) is 46.0. The van der Waals surface area contributed by atoms with Crippen molar-refractivity contribution >= 4 is 68.3 Å². The van der Waals surface area contributed by atoms with Crippen LogP contribution in [0.25, 0.3) is 21.8 Å². The summed E-state index contributed by atoms with van der Waals surface area (Å²) in [6, 6.07) is 52.8. The highest BCUT2D eigenvalue weighted by molar-refractivity contribution is 6.04. The number of para-hydroxylation sites is 2. The number of amides is 1. The Labute approximate surface area is 386 Å². The fourth-order valence-corrected chi connectivity index (χ4v) is 6.55. The van der Waals surface area contributed by atoms with Crippen molar-refractivity contribution in [2.24, 2.45) is 0 Å². The molecule has 10 aromatic rings. The van der Waals surface area contributed by atoms with Crippen molar-refractivity contribution in [3.05, 3.63) is 224 Å². The van der Waals surface area contributed by atoms with E-state index >= 15 is 0 Å². The molecule has 10 rings (SSSR count). The number of hydrogen-bond donors (Lipinski definition) is 4. The second-order valence-corrected chi connectivity index (χ2v) is 14.5. The van der Waals surface area contributed by atoms with E-state index < -0.39 is 0 Å². The molecule has 0 aliphatic rings. The van der Waals surface area contributed by atoms with E-state index in [0.717, 1.165) is 68.0 Å². The van der Waals surface area contributed by atoms with Gasteiger partial charge in [-0.25, -0.2) is 4.98 Å². The Morgan fingerprint density at radius 1 is 0.478 bits per heavy atom. The predicted molar refractivity (Wildman–Crippen MR) is 265 cm³/mol. The highest BCUT2D eigenvalue weighted by Crippen LogP contribution is 2.27. The molecule has 67 heavy (non-hydrogen) atoms. The van der Waals surface area contributed by atoms with E-state index in [4.69, 9.17) is 9.47 Å². The monoisotopic (exact) mass is 881 g/mol. The van der Waals surface area contributed by atoms with Crippen LogP contribution in [0.2, 0.25) is 0 Å². The van der Waals surface area contributed by atoms with Crippen LogP contribution in [-0.4, -0.2) is 44.2 Å². The van der Waals surface area contributed by atoms with Gasteiger partial charge in [0.15, 0.2) is 0 Å². The SMILES string of the molecule is CNc1ccc(Oc2ccncc2)cc1.O=C(Nc1ccc(Oc2ccncc2)cn1)c1ccc(Nc2ccnc3ccccc23)cc1.O=Cc1ccc(Nc2ccnc3ccccc23)cc1. The molecule has 0 aliphatic heterocycles. The van der Waals surface area contributed by atoms with Crippen LogP contribution in [0.3, 0.4) is 0 Å². The summed E-state index contributed by atoms with van der Waals surface area (Å²) in [6.45, 7) is 0. The van der Waals surface area contributed by atoms with Crippen LogP contribution < -0.4 is 30.7 Å². The molecule has 0 fully saturated rings. The highest BCUT2D eigenvalue weighted by Gasteiger charge is 2.09. The van der Waals surface area contributed by atoms with E-state index in [-0.39, 0.29) is 5.91 Å². The van der Waals surface area contributed by atoms with Crippen molar-refractivity contribution in [1.82, 2.24) is 24.9 Å². The summed E-state index contributed by atoms with van der Waals surface area (Å²) in [7, 11) is 1.89. The van der Waals surface area contributed by atoms with Gasteiger partial charge in [0.25, 0.3) is 5.91 Å². The maximum atomic E-state index is 12.6. The zero-order valence-electron chi connectivity index (χ0n) is 36.2. The van der Waals surface area contributed by atoms with E-state index in [1.54, 1.807) is 91.9 Å². The molecule has 328 valence electrons. The second kappa shape index (κ2) is 22.2. The molecule has 0 spiro atoms. The van der Waals surface area contributed by atoms with Crippen molar-refractivity contribution in [3.8, 4) is 23.0 Å². The number of pyridine rings is 5. The minimum atomic E-state index is -0.244. The summed E-state index contributed by atoms with van der Waals surface area (Å²) in [5.74, 6) is 3.04. The number of carbonyl (C=O) groups excluding carboxylic acids is 2. The Morgan fingerprint density at radius 3 is 1.46 bits per heavy atom. The zero-order valence-corrected chi connectivity index (χ0v) is 36.2. The number of hydrogen-bond acceptors (Lipinski definition) is 12. The fourth-order valence-electron chi connectivity index (χ4n) is 6.55. The molecule has 5 aromatic heterocycles. The Morgan fingerprint density at radius 2 is 0.955 bits per heavy atom. The van der Waals surface area contributed by atoms with Gasteiger partial charge in [-0.3, -0.25) is 29.5 Å². The molecule has 0 aliphatic carbocycles. The first kappa shape index (κ1) is 44.1. The summed E-state index contributed by atoms with van der Waals surface area (Å²) in [5, 5.41) is 14.7. The summed E-state index contributed by atoms with van der Waals surface area (Å²) < 4.78 is 11.3. The average molecular weight is 882 g/mol. The number of nitrogens with zero attached hydrogens (tertiary/aromatic N) is 5. The highest BCUT2D eigenvalue weighted by atomic mass is 16.5. The lowest BCUT2D eigenvalue weighted by Crippen LogP contribution is -2.12. The first-order valence-corrected chi connectivity index (χ1v) is 21.1. The molecule has 1 amide bonds. The third-order valence-corrected chi connectivity index (χ3v) is 9.94. The summed E-state index contributed by atoms with van der Waals surface area (Å²) in [5.41, 5.74) is 7.92. The number of benzene rings is 5. The molecule has 13 nitrogen and oxygen atoms in total. The number of aromatic nitrogens is 5. The number of anilines is 6. The van der Waals surface area contributed by atoms with Crippen LogP contribution in [-0.2, 0) is 0 Å². The van der Waals surface area contributed by atoms with Crippen molar-refractivity contribution in [2.75, 3.05) is 28.3 Å². The molecular weight excluding hydrogens is 839 g/mol. The van der Waals surface area contributed by atoms with Gasteiger partial charge < -0.3 is 30.7 Å². The molecular formula is C54H43N9O4. The standard InChI is InChI=1S/C26H19N5O2.C16H12N2O.C12H12N2O/c32-26(31-25-10-9-21(17-29-25)33-20-11-14-27-15-12-20)18-5-7-19(8-6-18)30-24-13-16-28-23-4-2-1-3-22(23)24;19-11-12-5-7-13(8-6-12)18-16-9-10-17-15-4-2-1-3-14(15)16;1-13-10-2-4-11(5-3-10)15-12-6-8-14-9-7-12/h1-17H,(H,28,30)(H,29,31,32);1-11H,(H,17,18);2-9,13H,1H3. The lowest BCUT2D eigenvalue weighted by atomic mass is 10.1. The largest absolute Gasteiger partial charge is 0.457 e. The van der Waals surface area contributed by atoms with Gasteiger partial charge in [0.1, 0.15) is 35.1 Å². The summed E-state index contributed by atoms with van der Waals surface area (Å²) in [6.07, 6.45) is 12.7. The Bertz CT molecular complexity index is 3150. The normalized spacial score (nSPS) is 10.3. The van der Waals surface area contributed by atoms with Crippen LogP contribution in [0.4, 0.5) is 34.3 Å². The van der Waals surface area contributed by atoms with E-state index in [1.807, 2.05) is 128 Å². The Kier molecular flexibility index (Phi) is 14.6. The molecule has 5 aromatic carbocycles. The molecule has 0 radical (unpaired) electrons. The van der Waals surface area contributed by atoms with Crippen LogP contribution in [0.1, 0.15) is 20.7 Å². The topological polar surface area (TPSA) is 165 Å². The number of fused-ring (bicyclic) bond motifs is 2. The molecule has 0 saturated heterocycles. The van der Waals surface area contributed by atoms with Crippen LogP contribution in [0.15, 0.2) is 213 Å². The van der Waals surface area contributed by atoms with E-state index in [1.165, 1.54) is 0 Å². The number of ether oxygens (including phenoxy) is 2. The van der Waals surface area contributed by atoms with E-state index in [0.29, 0.717) is 28.4 Å². The van der Waals surface area contributed by atoms with Crippen molar-refractivity contribution in [1.29, 1.82) is 0 Å². The van der Waals surface area contributed by atoms with E-state index in [9.17, 15) is 9.59 Å². The van der Waals surface area contributed by atoms with Gasteiger partial charge in [-0.1, -0.05) is 36.4 Å². The lowest BCUT2D eigenvalue weighted by Gasteiger charge is -2.10. The second-order valence-electron chi connectivity index (χ2n) is 14.5. The minimum Gasteiger partial charge on any atom is -0.457 e. The molecule has 4 N–H and O–H groups in total. The van der Waals surface area contributed by atoms with Gasteiger partial charge in [0.05, 0.1) is 17.2 Å². The van der Waals surface area contributed by atoms with Gasteiger partial charge in [-0.15, -0.1) is 0 Å². The maximum Gasteiger partial charge on any atom is 0.256 e. The number of rotatable bonds is 12. The maximum absolute atomic E-state index is 12.6. The molecule has 0 bridgehead atoms. The molecule has 13 heteroatoms. The smallest absolute Gasteiger partial charge is 0.256 e. The van der Waals surface area contributed by atoms with Gasteiger partial charge in [-0.2, -0.15) is 0 Å². The third-order valence-electron chi connectivity index (χ3n) is 9.94. The quantitative estimate of drug-likeness (QED) is 0.0860. The van der Waals surface area contributed by atoms with Gasteiger partial charge in [0.2, 0.25) is 0 Å². The average Bonchev–Trinajstić information content (AvgIpc) is 3.39. The van der Waals surface area contributed by atoms with Crippen LogP contribution >= 0.6 is 0 Å². The first-order valence-electron chi connectivity index (χ1n) is 21.1. The van der Waals surface area contributed by atoms with Crippen molar-refractivity contribution < 1.29 is 19.1 Å². The molecule has 5 heterocycles. The lowest BCUT2D eigenvalue weighted by molar-refractivity contribution is 0.102. The predicted octanol–water partition coefficient (Wildman–Crippen LogP) is 12.5. The van der Waals surface area contributed by atoms with Gasteiger partial charge >= 0.3 is 0 Å². The Balaban J connectivity index is 0.000000151. The summed E-state index contributed by atoms with van der Waals surface area (Å²) in [4.78, 5) is 44.1. The number of nitrogens with one attached hydrogen (secondary N) is 4. The van der Waals surface area contributed by atoms with Gasteiger partial charge in [0, 0.05) is 94.6 Å². The minimum absolute atomic E-state index is 0.244. The number of carbonyl (C=O) groups is 2. The molecule has 0 atom stereocenters. The summed E-state index contributed by atoms with van der Waals surface area (Å²) >= 11 is 0. The van der Waals surface area contributed by atoms with Crippen LogP contribution in [0.5, 0.6) is 23.0 Å². The van der Waals surface area contributed by atoms with Crippen LogP contribution in [0, 0.1) is 0 Å². The fraction of sp³-hybridized carbons (Fsp3) is 0.0185. The van der Waals surface area contributed by atoms with E-state index in [2.05, 4.69) is 46.2 Å². The number of aldehydes is 1. The van der Waals surface area contributed by atoms with Crippen molar-refractivity contribution in [3.63, 3.8) is 0 Å². The van der Waals surface area contributed by atoms with Crippen molar-refractivity contribution in [2.45, 2.75) is 0 Å². The molecule has 0 unspecified atom stereocenters. The van der Waals surface area contributed by atoms with Gasteiger partial charge in [-0.05, 0) is 133 Å². The third kappa shape index (κ3) is 12.4. The Hall–Kier alpha value is -9.49. The first-order chi connectivity index (χ1) is 33.0. The molecule has 0 saturated carbocycles.